The van der Waals surface area contributed by atoms with Gasteiger partial charge in [0, 0.05) is 23.8 Å². The van der Waals surface area contributed by atoms with Crippen LogP contribution in [0.3, 0.4) is 0 Å². The van der Waals surface area contributed by atoms with E-state index in [1.165, 1.54) is 70.6 Å². The van der Waals surface area contributed by atoms with E-state index in [1.807, 2.05) is 0 Å². The summed E-state index contributed by atoms with van der Waals surface area (Å²) in [6.07, 6.45) is 14.2. The minimum Gasteiger partial charge on any atom is -0.339 e. The molecule has 3 aliphatic rings. The van der Waals surface area contributed by atoms with E-state index in [0.717, 1.165) is 23.7 Å². The minimum absolute atomic E-state index is 0.355. The summed E-state index contributed by atoms with van der Waals surface area (Å²) in [5.41, 5.74) is 0. The number of likely N-dealkylation sites (tertiary alicyclic amines) is 1. The van der Waals surface area contributed by atoms with Crippen LogP contribution in [0.4, 0.5) is 0 Å². The van der Waals surface area contributed by atoms with E-state index in [4.69, 9.17) is 0 Å². The summed E-state index contributed by atoms with van der Waals surface area (Å²) in [5.74, 6) is 2.68. The van der Waals surface area contributed by atoms with Crippen molar-refractivity contribution in [2.24, 2.45) is 17.8 Å². The van der Waals surface area contributed by atoms with Crippen molar-refractivity contribution in [1.29, 1.82) is 0 Å². The van der Waals surface area contributed by atoms with E-state index in [-0.39, 0.29) is 0 Å². The van der Waals surface area contributed by atoms with Gasteiger partial charge in [0.1, 0.15) is 0 Å². The second-order valence-electron chi connectivity index (χ2n) is 7.47. The predicted molar refractivity (Wildman–Crippen MR) is 90.6 cm³/mol. The van der Waals surface area contributed by atoms with Crippen molar-refractivity contribution in [3.8, 4) is 0 Å². The number of carbonyl (C=O) groups excluding carboxylic acids is 1. The third-order valence-electron chi connectivity index (χ3n) is 6.22. The molecular formula is C18H30BrNO. The summed E-state index contributed by atoms with van der Waals surface area (Å²) >= 11 is 3.52. The fourth-order valence-corrected chi connectivity index (χ4v) is 5.39. The molecule has 2 aliphatic carbocycles. The molecule has 0 aromatic heterocycles. The van der Waals surface area contributed by atoms with Gasteiger partial charge >= 0.3 is 0 Å². The fraction of sp³-hybridized carbons (Fsp3) is 0.944. The van der Waals surface area contributed by atoms with Gasteiger partial charge in [-0.2, -0.15) is 0 Å². The molecule has 3 rings (SSSR count). The smallest absolute Gasteiger partial charge is 0.225 e. The number of hydrogen-bond acceptors (Lipinski definition) is 1. The van der Waals surface area contributed by atoms with Gasteiger partial charge in [-0.1, -0.05) is 41.6 Å². The Hall–Kier alpha value is -0.0500. The Morgan fingerprint density at radius 3 is 2.62 bits per heavy atom. The Morgan fingerprint density at radius 1 is 1.00 bits per heavy atom. The first-order valence-electron chi connectivity index (χ1n) is 9.16. The van der Waals surface area contributed by atoms with Crippen LogP contribution >= 0.6 is 15.9 Å². The first kappa shape index (κ1) is 15.8. The van der Waals surface area contributed by atoms with Crippen molar-refractivity contribution < 1.29 is 4.79 Å². The highest BCUT2D eigenvalue weighted by Crippen LogP contribution is 2.43. The van der Waals surface area contributed by atoms with Crippen LogP contribution in [0, 0.1) is 17.8 Å². The van der Waals surface area contributed by atoms with Crippen molar-refractivity contribution in [3.05, 3.63) is 0 Å². The van der Waals surface area contributed by atoms with Gasteiger partial charge in [0.2, 0.25) is 5.91 Å². The lowest BCUT2D eigenvalue weighted by Crippen LogP contribution is -2.42. The van der Waals surface area contributed by atoms with Crippen LogP contribution in [0.15, 0.2) is 0 Å². The molecule has 0 aromatic carbocycles. The zero-order valence-electron chi connectivity index (χ0n) is 13.2. The van der Waals surface area contributed by atoms with Crippen molar-refractivity contribution in [3.63, 3.8) is 0 Å². The largest absolute Gasteiger partial charge is 0.339 e. The lowest BCUT2D eigenvalue weighted by Gasteiger charge is -2.40. The second-order valence-corrected chi connectivity index (χ2v) is 8.27. The fourth-order valence-electron chi connectivity index (χ4n) is 5.07. The summed E-state index contributed by atoms with van der Waals surface area (Å²) in [6, 6.07) is 0.541. The first-order valence-corrected chi connectivity index (χ1v) is 10.3. The van der Waals surface area contributed by atoms with Crippen LogP contribution in [0.1, 0.15) is 70.6 Å². The predicted octanol–water partition coefficient (Wildman–Crippen LogP) is 4.76. The maximum Gasteiger partial charge on any atom is 0.225 e. The molecule has 1 heterocycles. The van der Waals surface area contributed by atoms with Gasteiger partial charge in [0.15, 0.2) is 0 Å². The molecule has 0 spiro atoms. The average Bonchev–Trinajstić information content (AvgIpc) is 3.00. The van der Waals surface area contributed by atoms with Crippen LogP contribution in [0.25, 0.3) is 0 Å². The number of alkyl halides is 1. The van der Waals surface area contributed by atoms with Gasteiger partial charge in [-0.05, 0) is 56.8 Å². The van der Waals surface area contributed by atoms with E-state index in [1.54, 1.807) is 0 Å². The normalized spacial score (nSPS) is 36.5. The monoisotopic (exact) mass is 355 g/mol. The lowest BCUT2D eigenvalue weighted by molar-refractivity contribution is -0.138. The van der Waals surface area contributed by atoms with Crippen LogP contribution in [0.5, 0.6) is 0 Å². The zero-order valence-corrected chi connectivity index (χ0v) is 14.8. The molecule has 21 heavy (non-hydrogen) atoms. The van der Waals surface area contributed by atoms with Gasteiger partial charge in [0.25, 0.3) is 0 Å². The SMILES string of the molecule is O=C(C1CCC2CCCCC2C1)N1CCCC1CCCBr. The Balaban J connectivity index is 1.57. The quantitative estimate of drug-likeness (QED) is 0.665. The Kier molecular flexibility index (Phi) is 5.64. The molecule has 2 saturated carbocycles. The molecule has 4 unspecified atom stereocenters. The summed E-state index contributed by atoms with van der Waals surface area (Å²) in [4.78, 5) is 15.2. The average molecular weight is 356 g/mol. The molecule has 0 N–H and O–H groups in total. The highest BCUT2D eigenvalue weighted by atomic mass is 79.9. The van der Waals surface area contributed by atoms with Gasteiger partial charge in [-0.3, -0.25) is 4.79 Å². The highest BCUT2D eigenvalue weighted by Gasteiger charge is 2.38. The van der Waals surface area contributed by atoms with E-state index in [9.17, 15) is 4.79 Å². The molecule has 1 aliphatic heterocycles. The van der Waals surface area contributed by atoms with E-state index >= 15 is 0 Å². The van der Waals surface area contributed by atoms with Gasteiger partial charge in [-0.15, -0.1) is 0 Å². The Morgan fingerprint density at radius 2 is 1.81 bits per heavy atom. The second kappa shape index (κ2) is 7.48. The van der Waals surface area contributed by atoms with E-state index in [2.05, 4.69) is 20.8 Å². The van der Waals surface area contributed by atoms with E-state index < -0.39 is 0 Å². The number of amides is 1. The Labute approximate surface area is 138 Å². The maximum atomic E-state index is 13.0. The summed E-state index contributed by atoms with van der Waals surface area (Å²) < 4.78 is 0. The van der Waals surface area contributed by atoms with Crippen LogP contribution in [-0.4, -0.2) is 28.7 Å². The van der Waals surface area contributed by atoms with Crippen LogP contribution in [-0.2, 0) is 4.79 Å². The lowest BCUT2D eigenvalue weighted by atomic mass is 9.67. The topological polar surface area (TPSA) is 20.3 Å². The van der Waals surface area contributed by atoms with Crippen LogP contribution < -0.4 is 0 Å². The molecule has 4 atom stereocenters. The van der Waals surface area contributed by atoms with Crippen molar-refractivity contribution in [2.45, 2.75) is 76.7 Å². The number of fused-ring (bicyclic) bond motifs is 1. The van der Waals surface area contributed by atoms with Gasteiger partial charge in [-0.25, -0.2) is 0 Å². The summed E-state index contributed by atoms with van der Waals surface area (Å²) in [6.45, 7) is 1.02. The molecule has 120 valence electrons. The molecule has 0 radical (unpaired) electrons. The molecule has 1 saturated heterocycles. The van der Waals surface area contributed by atoms with Crippen LogP contribution in [0.2, 0.25) is 0 Å². The highest BCUT2D eigenvalue weighted by molar-refractivity contribution is 9.09. The Bertz CT molecular complexity index is 359. The molecule has 0 bridgehead atoms. The summed E-state index contributed by atoms with van der Waals surface area (Å²) in [5, 5.41) is 1.07. The van der Waals surface area contributed by atoms with Gasteiger partial charge in [0.05, 0.1) is 0 Å². The zero-order chi connectivity index (χ0) is 14.7. The van der Waals surface area contributed by atoms with Crippen molar-refractivity contribution in [2.75, 3.05) is 11.9 Å². The molecule has 2 nitrogen and oxygen atoms in total. The first-order chi connectivity index (χ1) is 10.3. The van der Waals surface area contributed by atoms with Gasteiger partial charge < -0.3 is 4.90 Å². The maximum absolute atomic E-state index is 13.0. The number of rotatable bonds is 4. The number of hydrogen-bond donors (Lipinski definition) is 0. The third-order valence-corrected chi connectivity index (χ3v) is 6.78. The molecular weight excluding hydrogens is 326 g/mol. The minimum atomic E-state index is 0.355. The van der Waals surface area contributed by atoms with Crippen molar-refractivity contribution >= 4 is 21.8 Å². The molecule has 3 fully saturated rings. The number of halogens is 1. The molecule has 3 heteroatoms. The molecule has 1 amide bonds. The standard InChI is InChI=1S/C18H30BrNO/c19-11-3-7-17-8-4-12-20(17)18(21)16-10-9-14-5-1-2-6-15(14)13-16/h14-17H,1-13H2. The van der Waals surface area contributed by atoms with E-state index in [0.29, 0.717) is 17.9 Å². The molecule has 0 aromatic rings. The van der Waals surface area contributed by atoms with Crippen molar-refractivity contribution in [1.82, 2.24) is 4.90 Å². The number of nitrogens with zero attached hydrogens (tertiary/aromatic N) is 1. The number of carbonyl (C=O) groups is 1. The summed E-state index contributed by atoms with van der Waals surface area (Å²) in [7, 11) is 0. The third kappa shape index (κ3) is 3.65.